The maximum absolute atomic E-state index is 9.81. The lowest BCUT2D eigenvalue weighted by Gasteiger charge is -2.13. The second-order valence-corrected chi connectivity index (χ2v) is 6.20. The largest absolute Gasteiger partial charge is 0.393 e. The molecular formula is C13H15Cl3O. The first kappa shape index (κ1) is 13.5. The highest BCUT2D eigenvalue weighted by Gasteiger charge is 2.31. The first-order valence-corrected chi connectivity index (χ1v) is 7.01. The minimum Gasteiger partial charge on any atom is -0.393 e. The van der Waals surface area contributed by atoms with Crippen molar-refractivity contribution in [3.8, 4) is 0 Å². The van der Waals surface area contributed by atoms with Gasteiger partial charge in [-0.15, -0.1) is 11.6 Å². The monoisotopic (exact) mass is 292 g/mol. The normalized spacial score (nSPS) is 28.6. The van der Waals surface area contributed by atoms with Gasteiger partial charge in [0.25, 0.3) is 0 Å². The van der Waals surface area contributed by atoms with Crippen LogP contribution in [0.3, 0.4) is 0 Å². The Bertz CT molecular complexity index is 374. The van der Waals surface area contributed by atoms with E-state index < -0.39 is 0 Å². The molecular weight excluding hydrogens is 279 g/mol. The van der Waals surface area contributed by atoms with Gasteiger partial charge in [-0.3, -0.25) is 0 Å². The van der Waals surface area contributed by atoms with Gasteiger partial charge in [0, 0.05) is 15.4 Å². The van der Waals surface area contributed by atoms with Gasteiger partial charge >= 0.3 is 0 Å². The Morgan fingerprint density at radius 1 is 1.12 bits per heavy atom. The Morgan fingerprint density at radius 2 is 1.76 bits per heavy atom. The zero-order valence-corrected chi connectivity index (χ0v) is 11.6. The summed E-state index contributed by atoms with van der Waals surface area (Å²) in [6.45, 7) is 0. The SMILES string of the molecule is OC1CC(Cl)CC1CCc1cc(Cl)cc(Cl)c1. The van der Waals surface area contributed by atoms with Crippen molar-refractivity contribution in [2.45, 2.75) is 37.2 Å². The first-order valence-electron chi connectivity index (χ1n) is 5.81. The molecule has 0 aliphatic heterocycles. The number of aliphatic hydroxyl groups excluding tert-OH is 1. The van der Waals surface area contributed by atoms with Gasteiger partial charge in [0.1, 0.15) is 0 Å². The maximum atomic E-state index is 9.81. The van der Waals surface area contributed by atoms with E-state index in [2.05, 4.69) is 0 Å². The number of hydrogen-bond acceptors (Lipinski definition) is 1. The average molecular weight is 294 g/mol. The van der Waals surface area contributed by atoms with Gasteiger partial charge in [0.15, 0.2) is 0 Å². The van der Waals surface area contributed by atoms with Gasteiger partial charge in [-0.05, 0) is 55.4 Å². The van der Waals surface area contributed by atoms with Crippen molar-refractivity contribution in [3.63, 3.8) is 0 Å². The zero-order valence-electron chi connectivity index (χ0n) is 9.37. The van der Waals surface area contributed by atoms with Crippen LogP contribution in [0, 0.1) is 5.92 Å². The molecule has 0 aromatic heterocycles. The topological polar surface area (TPSA) is 20.2 Å². The molecule has 1 aliphatic carbocycles. The van der Waals surface area contributed by atoms with Crippen LogP contribution < -0.4 is 0 Å². The van der Waals surface area contributed by atoms with Crippen molar-refractivity contribution in [2.75, 3.05) is 0 Å². The fourth-order valence-electron chi connectivity index (χ4n) is 2.45. The fourth-order valence-corrected chi connectivity index (χ4v) is 3.44. The first-order chi connectivity index (χ1) is 8.04. The molecule has 0 amide bonds. The second-order valence-electron chi connectivity index (χ2n) is 4.71. The fraction of sp³-hybridized carbons (Fsp3) is 0.538. The summed E-state index contributed by atoms with van der Waals surface area (Å²) in [6.07, 6.45) is 3.17. The van der Waals surface area contributed by atoms with E-state index in [1.54, 1.807) is 6.07 Å². The summed E-state index contributed by atoms with van der Waals surface area (Å²) in [5.74, 6) is 0.301. The van der Waals surface area contributed by atoms with Gasteiger partial charge in [0.2, 0.25) is 0 Å². The second kappa shape index (κ2) is 5.79. The van der Waals surface area contributed by atoms with Crippen LogP contribution in [0.25, 0.3) is 0 Å². The van der Waals surface area contributed by atoms with Crippen LogP contribution >= 0.6 is 34.8 Å². The van der Waals surface area contributed by atoms with Crippen molar-refractivity contribution in [3.05, 3.63) is 33.8 Å². The Hall–Kier alpha value is 0.0500. The molecule has 0 spiro atoms. The molecule has 17 heavy (non-hydrogen) atoms. The predicted octanol–water partition coefficient (Wildman–Crippen LogP) is 4.30. The Kier molecular flexibility index (Phi) is 4.59. The van der Waals surface area contributed by atoms with Crippen molar-refractivity contribution in [1.29, 1.82) is 0 Å². The van der Waals surface area contributed by atoms with E-state index in [-0.39, 0.29) is 11.5 Å². The molecule has 1 fully saturated rings. The third kappa shape index (κ3) is 3.75. The van der Waals surface area contributed by atoms with Crippen molar-refractivity contribution >= 4 is 34.8 Å². The van der Waals surface area contributed by atoms with Gasteiger partial charge in [-0.1, -0.05) is 23.2 Å². The standard InChI is InChI=1S/C13H15Cl3O/c14-10-3-8(4-11(15)6-10)1-2-9-5-12(16)7-13(9)17/h3-4,6,9,12-13,17H,1-2,5,7H2. The van der Waals surface area contributed by atoms with Crippen molar-refractivity contribution in [2.24, 2.45) is 5.92 Å². The highest BCUT2D eigenvalue weighted by molar-refractivity contribution is 6.34. The van der Waals surface area contributed by atoms with Crippen LogP contribution in [0.4, 0.5) is 0 Å². The molecule has 0 saturated heterocycles. The molecule has 4 heteroatoms. The van der Waals surface area contributed by atoms with Gasteiger partial charge < -0.3 is 5.11 Å². The summed E-state index contributed by atoms with van der Waals surface area (Å²) in [4.78, 5) is 0. The molecule has 1 aliphatic rings. The molecule has 3 unspecified atom stereocenters. The van der Waals surface area contributed by atoms with Crippen LogP contribution in [0.2, 0.25) is 10.0 Å². The third-order valence-corrected chi connectivity index (χ3v) is 4.12. The highest BCUT2D eigenvalue weighted by atomic mass is 35.5. The lowest BCUT2D eigenvalue weighted by molar-refractivity contribution is 0.128. The number of alkyl halides is 1. The molecule has 0 heterocycles. The van der Waals surface area contributed by atoms with E-state index in [0.29, 0.717) is 22.4 Å². The van der Waals surface area contributed by atoms with E-state index in [0.717, 1.165) is 24.8 Å². The van der Waals surface area contributed by atoms with Gasteiger partial charge in [-0.25, -0.2) is 0 Å². The van der Waals surface area contributed by atoms with Crippen LogP contribution in [-0.2, 0) is 6.42 Å². The summed E-state index contributed by atoms with van der Waals surface area (Å²) in [6, 6.07) is 5.58. The summed E-state index contributed by atoms with van der Waals surface area (Å²) in [5, 5.41) is 11.3. The highest BCUT2D eigenvalue weighted by Crippen LogP contribution is 2.33. The van der Waals surface area contributed by atoms with E-state index in [1.807, 2.05) is 12.1 Å². The molecule has 94 valence electrons. The lowest BCUT2D eigenvalue weighted by Crippen LogP contribution is -2.13. The lowest BCUT2D eigenvalue weighted by atomic mass is 9.96. The Balaban J connectivity index is 1.93. The summed E-state index contributed by atoms with van der Waals surface area (Å²) in [5.41, 5.74) is 1.12. The zero-order chi connectivity index (χ0) is 12.4. The van der Waals surface area contributed by atoms with E-state index in [4.69, 9.17) is 34.8 Å². The average Bonchev–Trinajstić information content (AvgIpc) is 2.53. The van der Waals surface area contributed by atoms with Gasteiger partial charge in [-0.2, -0.15) is 0 Å². The van der Waals surface area contributed by atoms with Crippen LogP contribution in [-0.4, -0.2) is 16.6 Å². The van der Waals surface area contributed by atoms with E-state index in [1.165, 1.54) is 0 Å². The summed E-state index contributed by atoms with van der Waals surface area (Å²) in [7, 11) is 0. The molecule has 0 radical (unpaired) electrons. The smallest absolute Gasteiger partial charge is 0.0583 e. The maximum Gasteiger partial charge on any atom is 0.0583 e. The number of halogens is 3. The number of benzene rings is 1. The number of aryl methyl sites for hydroxylation is 1. The molecule has 1 nitrogen and oxygen atoms in total. The minimum absolute atomic E-state index is 0.123. The van der Waals surface area contributed by atoms with E-state index in [9.17, 15) is 5.11 Å². The van der Waals surface area contributed by atoms with Crippen molar-refractivity contribution in [1.82, 2.24) is 0 Å². The molecule has 1 N–H and O–H groups in total. The molecule has 1 aromatic carbocycles. The van der Waals surface area contributed by atoms with Crippen LogP contribution in [0.15, 0.2) is 18.2 Å². The summed E-state index contributed by atoms with van der Waals surface area (Å²) >= 11 is 17.9. The molecule has 3 atom stereocenters. The minimum atomic E-state index is -0.257. The summed E-state index contributed by atoms with van der Waals surface area (Å²) < 4.78 is 0. The molecule has 0 bridgehead atoms. The number of hydrogen-bond donors (Lipinski definition) is 1. The van der Waals surface area contributed by atoms with Crippen LogP contribution in [0.5, 0.6) is 0 Å². The Labute approximate surface area is 117 Å². The molecule has 1 aromatic rings. The van der Waals surface area contributed by atoms with Crippen molar-refractivity contribution < 1.29 is 5.11 Å². The molecule has 1 saturated carbocycles. The third-order valence-electron chi connectivity index (χ3n) is 3.33. The number of rotatable bonds is 3. The Morgan fingerprint density at radius 3 is 2.29 bits per heavy atom. The quantitative estimate of drug-likeness (QED) is 0.824. The molecule has 2 rings (SSSR count). The van der Waals surface area contributed by atoms with E-state index >= 15 is 0 Å². The van der Waals surface area contributed by atoms with Gasteiger partial charge in [0.05, 0.1) is 6.10 Å². The number of aliphatic hydroxyl groups is 1. The van der Waals surface area contributed by atoms with Crippen LogP contribution in [0.1, 0.15) is 24.8 Å². The predicted molar refractivity (Wildman–Crippen MR) is 73.2 cm³/mol.